The molecule has 0 radical (unpaired) electrons. The van der Waals surface area contributed by atoms with Crippen LogP contribution in [0.3, 0.4) is 0 Å². The summed E-state index contributed by atoms with van der Waals surface area (Å²) in [5.41, 5.74) is -0.878. The Morgan fingerprint density at radius 2 is 2.18 bits per heavy atom. The summed E-state index contributed by atoms with van der Waals surface area (Å²) < 4.78 is 13.7. The summed E-state index contributed by atoms with van der Waals surface area (Å²) in [4.78, 5) is 2.33. The van der Waals surface area contributed by atoms with Gasteiger partial charge in [-0.05, 0) is 33.7 Å². The Kier molecular flexibility index (Phi) is 1.35. The van der Waals surface area contributed by atoms with Crippen LogP contribution in [0.5, 0.6) is 0 Å². The molecule has 1 aliphatic carbocycles. The molecule has 2 bridgehead atoms. The van der Waals surface area contributed by atoms with E-state index >= 15 is 0 Å². The maximum atomic E-state index is 13.7. The highest BCUT2D eigenvalue weighted by Gasteiger charge is 2.54. The van der Waals surface area contributed by atoms with Gasteiger partial charge in [0.15, 0.2) is 0 Å². The van der Waals surface area contributed by atoms with Crippen LogP contribution in [0.15, 0.2) is 0 Å². The van der Waals surface area contributed by atoms with Gasteiger partial charge in [0.05, 0.1) is 0 Å². The molecule has 1 aliphatic heterocycles. The highest BCUT2D eigenvalue weighted by molar-refractivity contribution is 5.07. The summed E-state index contributed by atoms with van der Waals surface area (Å²) in [6, 6.07) is 0.966. The average Bonchev–Trinajstić information content (AvgIpc) is 2.31. The maximum Gasteiger partial charge on any atom is 0.114 e. The summed E-state index contributed by atoms with van der Waals surface area (Å²) in [7, 11) is 2.12. The molecule has 11 heavy (non-hydrogen) atoms. The quantitative estimate of drug-likeness (QED) is 0.518. The average molecular weight is 157 g/mol. The van der Waals surface area contributed by atoms with Crippen LogP contribution in [0.25, 0.3) is 0 Å². The van der Waals surface area contributed by atoms with Crippen molar-refractivity contribution in [1.82, 2.24) is 4.90 Å². The Labute approximate surface area is 67.6 Å². The molecular weight excluding hydrogens is 141 g/mol. The van der Waals surface area contributed by atoms with Gasteiger partial charge >= 0.3 is 0 Å². The van der Waals surface area contributed by atoms with Crippen LogP contribution in [-0.2, 0) is 0 Å². The number of halogens is 1. The van der Waals surface area contributed by atoms with Gasteiger partial charge in [-0.1, -0.05) is 0 Å². The van der Waals surface area contributed by atoms with Crippen LogP contribution in [-0.4, -0.2) is 29.7 Å². The largest absolute Gasteiger partial charge is 0.300 e. The highest BCUT2D eigenvalue weighted by atomic mass is 19.1. The number of alkyl halides is 1. The summed E-state index contributed by atoms with van der Waals surface area (Å²) in [5, 5.41) is 0. The Morgan fingerprint density at radius 3 is 2.55 bits per heavy atom. The zero-order valence-corrected chi connectivity index (χ0v) is 7.47. The van der Waals surface area contributed by atoms with Crippen LogP contribution >= 0.6 is 0 Å². The molecule has 1 saturated heterocycles. The van der Waals surface area contributed by atoms with E-state index in [1.165, 1.54) is 0 Å². The number of rotatable bonds is 0. The van der Waals surface area contributed by atoms with E-state index in [1.807, 2.05) is 0 Å². The topological polar surface area (TPSA) is 3.24 Å². The van der Waals surface area contributed by atoms with Gasteiger partial charge in [-0.25, -0.2) is 4.39 Å². The molecule has 2 unspecified atom stereocenters. The highest BCUT2D eigenvalue weighted by Crippen LogP contribution is 2.49. The standard InChI is InChI=1S/C9H16FN/c1-6-8-4-7(11(6)3)5-9(8,2)10/h6-8H,4-5H2,1-3H3/t6?,7-,8-,9?/m0/s1. The SMILES string of the molecule is CC1[C@@H]2C[C@@H](CC2(C)F)N1C. The fraction of sp³-hybridized carbons (Fsp3) is 1.00. The van der Waals surface area contributed by atoms with Gasteiger partial charge < -0.3 is 4.90 Å². The van der Waals surface area contributed by atoms with Crippen LogP contribution in [0.2, 0.25) is 0 Å². The lowest BCUT2D eigenvalue weighted by atomic mass is 9.88. The molecule has 1 saturated carbocycles. The Balaban J connectivity index is 2.23. The third-order valence-corrected chi connectivity index (χ3v) is 3.73. The van der Waals surface area contributed by atoms with Crippen LogP contribution in [0.4, 0.5) is 4.39 Å². The maximum absolute atomic E-state index is 13.7. The van der Waals surface area contributed by atoms with Gasteiger partial charge in [-0.2, -0.15) is 0 Å². The van der Waals surface area contributed by atoms with Crippen molar-refractivity contribution < 1.29 is 4.39 Å². The Hall–Kier alpha value is -0.110. The normalized spacial score (nSPS) is 57.3. The summed E-state index contributed by atoms with van der Waals surface area (Å²) in [6.45, 7) is 3.91. The lowest BCUT2D eigenvalue weighted by Crippen LogP contribution is -2.45. The second kappa shape index (κ2) is 1.98. The van der Waals surface area contributed by atoms with Gasteiger partial charge in [0, 0.05) is 18.0 Å². The summed E-state index contributed by atoms with van der Waals surface area (Å²) in [6.07, 6.45) is 1.82. The molecule has 4 atom stereocenters. The van der Waals surface area contributed by atoms with Crippen molar-refractivity contribution in [3.8, 4) is 0 Å². The lowest BCUT2D eigenvalue weighted by molar-refractivity contribution is 0.0396. The number of fused-ring (bicyclic) bond motifs is 2. The van der Waals surface area contributed by atoms with Crippen molar-refractivity contribution in [2.75, 3.05) is 7.05 Å². The first-order chi connectivity index (χ1) is 5.02. The molecule has 0 spiro atoms. The summed E-state index contributed by atoms with van der Waals surface area (Å²) >= 11 is 0. The predicted octanol–water partition coefficient (Wildman–Crippen LogP) is 1.83. The third-order valence-electron chi connectivity index (χ3n) is 3.73. The fourth-order valence-corrected chi connectivity index (χ4v) is 2.86. The Morgan fingerprint density at radius 1 is 1.55 bits per heavy atom. The molecule has 2 aliphatic rings. The second-order valence-corrected chi connectivity index (χ2v) is 4.38. The molecule has 64 valence electrons. The van der Waals surface area contributed by atoms with E-state index in [1.54, 1.807) is 6.92 Å². The fourth-order valence-electron chi connectivity index (χ4n) is 2.86. The van der Waals surface area contributed by atoms with Gasteiger partial charge in [-0.3, -0.25) is 0 Å². The minimum atomic E-state index is -0.878. The first-order valence-electron chi connectivity index (χ1n) is 4.43. The second-order valence-electron chi connectivity index (χ2n) is 4.38. The molecule has 2 rings (SSSR count). The minimum absolute atomic E-state index is 0.289. The molecule has 1 heterocycles. The molecule has 0 aromatic carbocycles. The van der Waals surface area contributed by atoms with Crippen LogP contribution in [0, 0.1) is 5.92 Å². The molecular formula is C9H16FN. The zero-order valence-electron chi connectivity index (χ0n) is 7.47. The molecule has 0 aromatic rings. The molecule has 0 amide bonds. The monoisotopic (exact) mass is 157 g/mol. The van der Waals surface area contributed by atoms with Crippen molar-refractivity contribution in [1.29, 1.82) is 0 Å². The van der Waals surface area contributed by atoms with Gasteiger partial charge in [-0.15, -0.1) is 0 Å². The molecule has 2 fully saturated rings. The van der Waals surface area contributed by atoms with Gasteiger partial charge in [0.1, 0.15) is 5.67 Å². The van der Waals surface area contributed by atoms with Gasteiger partial charge in [0.2, 0.25) is 0 Å². The third kappa shape index (κ3) is 0.851. The van der Waals surface area contributed by atoms with Crippen LogP contribution in [0.1, 0.15) is 26.7 Å². The first-order valence-corrected chi connectivity index (χ1v) is 4.43. The molecule has 2 heteroatoms. The minimum Gasteiger partial charge on any atom is -0.300 e. The predicted molar refractivity (Wildman–Crippen MR) is 43.3 cm³/mol. The zero-order chi connectivity index (χ0) is 8.22. The van der Waals surface area contributed by atoms with Crippen molar-refractivity contribution in [3.05, 3.63) is 0 Å². The first kappa shape index (κ1) is 7.53. The van der Waals surface area contributed by atoms with Gasteiger partial charge in [0.25, 0.3) is 0 Å². The van der Waals surface area contributed by atoms with E-state index in [-0.39, 0.29) is 5.92 Å². The molecule has 1 nitrogen and oxygen atoms in total. The number of piperidine rings is 1. The van der Waals surface area contributed by atoms with E-state index in [0.717, 1.165) is 12.8 Å². The molecule has 0 N–H and O–H groups in total. The van der Waals surface area contributed by atoms with E-state index in [2.05, 4.69) is 18.9 Å². The van der Waals surface area contributed by atoms with Crippen molar-refractivity contribution in [3.63, 3.8) is 0 Å². The van der Waals surface area contributed by atoms with Crippen molar-refractivity contribution >= 4 is 0 Å². The smallest absolute Gasteiger partial charge is 0.114 e. The van der Waals surface area contributed by atoms with E-state index in [9.17, 15) is 4.39 Å². The number of nitrogens with zero attached hydrogens (tertiary/aromatic N) is 1. The molecule has 0 aromatic heterocycles. The van der Waals surface area contributed by atoms with E-state index in [0.29, 0.717) is 12.1 Å². The van der Waals surface area contributed by atoms with Crippen molar-refractivity contribution in [2.45, 2.75) is 44.4 Å². The van der Waals surface area contributed by atoms with Crippen molar-refractivity contribution in [2.24, 2.45) is 5.92 Å². The number of likely N-dealkylation sites (tertiary alicyclic amines) is 1. The Bertz CT molecular complexity index is 176. The summed E-state index contributed by atoms with van der Waals surface area (Å²) in [5.74, 6) is 0.289. The van der Waals surface area contributed by atoms with E-state index < -0.39 is 5.67 Å². The number of hydrogen-bond donors (Lipinski definition) is 0. The lowest BCUT2D eigenvalue weighted by Gasteiger charge is -2.36. The number of hydrogen-bond acceptors (Lipinski definition) is 1. The van der Waals surface area contributed by atoms with Crippen LogP contribution < -0.4 is 0 Å². The van der Waals surface area contributed by atoms with E-state index in [4.69, 9.17) is 0 Å².